The van der Waals surface area contributed by atoms with Gasteiger partial charge in [0.15, 0.2) is 0 Å². The lowest BCUT2D eigenvalue weighted by Crippen LogP contribution is -2.31. The summed E-state index contributed by atoms with van der Waals surface area (Å²) < 4.78 is 0.828. The number of carbonyl (C=O) groups is 2. The van der Waals surface area contributed by atoms with Gasteiger partial charge in [-0.25, -0.2) is 0 Å². The van der Waals surface area contributed by atoms with Gasteiger partial charge in [-0.05, 0) is 78.7 Å². The zero-order valence-electron chi connectivity index (χ0n) is 17.8. The number of nitrogens with one attached hydrogen (secondary N) is 1. The largest absolute Gasteiger partial charge is 0.321 e. The summed E-state index contributed by atoms with van der Waals surface area (Å²) in [6.45, 7) is 0. The van der Waals surface area contributed by atoms with E-state index in [2.05, 4.69) is 21.2 Å². The van der Waals surface area contributed by atoms with E-state index in [0.717, 1.165) is 16.2 Å². The molecule has 3 aromatic rings. The van der Waals surface area contributed by atoms with Gasteiger partial charge in [0.2, 0.25) is 5.91 Å². The number of halogens is 4. The van der Waals surface area contributed by atoms with Gasteiger partial charge < -0.3 is 5.32 Å². The number of anilines is 2. The third kappa shape index (κ3) is 5.85. The van der Waals surface area contributed by atoms with Crippen LogP contribution in [0.2, 0.25) is 15.1 Å². The maximum absolute atomic E-state index is 13.6. The SMILES string of the molecule is N#CC(C(=O)Nc1ccc(Cl)cc1)=C1SC(Cc2cc(Cl)ccc2Cl)C(=O)N1c1ccc(Br)cc1. The second-order valence-electron chi connectivity index (χ2n) is 7.45. The fraction of sp³-hybridized carbons (Fsp3) is 0.0800. The minimum atomic E-state index is -0.631. The second-order valence-corrected chi connectivity index (χ2v) is 10.8. The molecule has 1 N–H and O–H groups in total. The molecule has 0 aromatic heterocycles. The van der Waals surface area contributed by atoms with Crippen LogP contribution in [-0.2, 0) is 16.0 Å². The highest BCUT2D eigenvalue weighted by atomic mass is 79.9. The average molecular weight is 608 g/mol. The van der Waals surface area contributed by atoms with E-state index >= 15 is 0 Å². The first kappa shape index (κ1) is 25.6. The van der Waals surface area contributed by atoms with E-state index in [4.69, 9.17) is 34.8 Å². The Bertz CT molecular complexity index is 1370. The Morgan fingerprint density at radius 1 is 1.03 bits per heavy atom. The van der Waals surface area contributed by atoms with Gasteiger partial charge in [0.05, 0.1) is 5.25 Å². The molecule has 0 radical (unpaired) electrons. The smallest absolute Gasteiger partial charge is 0.269 e. The molecule has 0 bridgehead atoms. The van der Waals surface area contributed by atoms with Gasteiger partial charge >= 0.3 is 0 Å². The lowest BCUT2D eigenvalue weighted by molar-refractivity contribution is -0.117. The summed E-state index contributed by atoms with van der Waals surface area (Å²) in [7, 11) is 0. The van der Waals surface area contributed by atoms with E-state index < -0.39 is 11.2 Å². The van der Waals surface area contributed by atoms with Crippen LogP contribution in [0.5, 0.6) is 0 Å². The molecule has 35 heavy (non-hydrogen) atoms. The molecule has 0 aliphatic carbocycles. The molecule has 176 valence electrons. The van der Waals surface area contributed by atoms with Crippen molar-refractivity contribution in [2.75, 3.05) is 10.2 Å². The maximum Gasteiger partial charge on any atom is 0.269 e. The first-order valence-corrected chi connectivity index (χ1v) is 13.0. The van der Waals surface area contributed by atoms with Gasteiger partial charge in [-0.15, -0.1) is 0 Å². The quantitative estimate of drug-likeness (QED) is 0.241. The number of rotatable bonds is 5. The average Bonchev–Trinajstić information content (AvgIpc) is 3.14. The van der Waals surface area contributed by atoms with Crippen molar-refractivity contribution < 1.29 is 9.59 Å². The standard InChI is InChI=1S/C25H15BrCl3N3O2S/c26-15-1-8-19(9-2-15)32-24(34)22(12-14-11-17(28)5-10-21(14)29)35-25(32)20(13-30)23(33)31-18-6-3-16(27)4-7-18/h1-11,22H,12H2,(H,31,33). The van der Waals surface area contributed by atoms with Gasteiger partial charge in [0, 0.05) is 30.9 Å². The zero-order chi connectivity index (χ0) is 25.1. The molecular formula is C25H15BrCl3N3O2S. The molecule has 1 aliphatic heterocycles. The van der Waals surface area contributed by atoms with Crippen molar-refractivity contribution in [3.05, 3.63) is 102 Å². The summed E-state index contributed by atoms with van der Waals surface area (Å²) in [6.07, 6.45) is 0.275. The predicted octanol–water partition coefficient (Wildman–Crippen LogP) is 7.47. The maximum atomic E-state index is 13.6. The minimum absolute atomic E-state index is 0.180. The summed E-state index contributed by atoms with van der Waals surface area (Å²) in [5.41, 5.74) is 1.53. The summed E-state index contributed by atoms with van der Waals surface area (Å²) in [6, 6.07) is 20.6. The molecule has 0 spiro atoms. The lowest BCUT2D eigenvalue weighted by atomic mass is 10.1. The number of carbonyl (C=O) groups excluding carboxylic acids is 2. The van der Waals surface area contributed by atoms with Crippen LogP contribution in [0.25, 0.3) is 0 Å². The molecule has 10 heteroatoms. The highest BCUT2D eigenvalue weighted by Crippen LogP contribution is 2.43. The van der Waals surface area contributed by atoms with Crippen molar-refractivity contribution in [3.63, 3.8) is 0 Å². The third-order valence-corrected chi connectivity index (χ3v) is 7.75. The van der Waals surface area contributed by atoms with E-state index in [0.29, 0.717) is 32.0 Å². The van der Waals surface area contributed by atoms with Gasteiger partial charge in [0.25, 0.3) is 5.91 Å². The van der Waals surface area contributed by atoms with E-state index in [9.17, 15) is 14.9 Å². The molecular weight excluding hydrogens is 593 g/mol. The highest BCUT2D eigenvalue weighted by molar-refractivity contribution is 9.10. The van der Waals surface area contributed by atoms with Crippen molar-refractivity contribution in [2.24, 2.45) is 0 Å². The van der Waals surface area contributed by atoms with Gasteiger partial charge in [0.1, 0.15) is 16.7 Å². The van der Waals surface area contributed by atoms with Crippen molar-refractivity contribution in [1.82, 2.24) is 0 Å². The first-order chi connectivity index (χ1) is 16.8. The number of nitriles is 1. The third-order valence-electron chi connectivity index (χ3n) is 5.11. The van der Waals surface area contributed by atoms with Crippen LogP contribution in [0.1, 0.15) is 5.56 Å². The minimum Gasteiger partial charge on any atom is -0.321 e. The summed E-state index contributed by atoms with van der Waals surface area (Å²) in [5, 5.41) is 13.8. The number of thioether (sulfide) groups is 1. The van der Waals surface area contributed by atoms with Gasteiger partial charge in [-0.3, -0.25) is 14.5 Å². The van der Waals surface area contributed by atoms with Crippen LogP contribution in [-0.4, -0.2) is 17.1 Å². The number of benzene rings is 3. The Hall–Kier alpha value is -2.47. The summed E-state index contributed by atoms with van der Waals surface area (Å²) in [5.74, 6) is -0.899. The lowest BCUT2D eigenvalue weighted by Gasteiger charge is -2.19. The van der Waals surface area contributed by atoms with Crippen molar-refractivity contribution in [2.45, 2.75) is 11.7 Å². The predicted molar refractivity (Wildman–Crippen MR) is 146 cm³/mol. The summed E-state index contributed by atoms with van der Waals surface area (Å²) in [4.78, 5) is 28.1. The summed E-state index contributed by atoms with van der Waals surface area (Å²) >= 11 is 22.9. The monoisotopic (exact) mass is 605 g/mol. The molecule has 5 nitrogen and oxygen atoms in total. The zero-order valence-corrected chi connectivity index (χ0v) is 22.4. The Morgan fingerprint density at radius 2 is 1.69 bits per heavy atom. The molecule has 1 aliphatic rings. The van der Waals surface area contributed by atoms with E-state index in [1.165, 1.54) is 4.90 Å². The van der Waals surface area contributed by atoms with Crippen LogP contribution in [0.3, 0.4) is 0 Å². The first-order valence-electron chi connectivity index (χ1n) is 10.2. The fourth-order valence-corrected chi connectivity index (χ4v) is 5.51. The molecule has 1 heterocycles. The van der Waals surface area contributed by atoms with Gasteiger partial charge in [-0.1, -0.05) is 62.5 Å². The Labute approximate surface area is 229 Å². The molecule has 2 amide bonds. The van der Waals surface area contributed by atoms with Crippen molar-refractivity contribution >= 4 is 85.7 Å². The number of amides is 2. The normalized spacial score (nSPS) is 16.7. The Kier molecular flexibility index (Phi) is 8.10. The van der Waals surface area contributed by atoms with Crippen LogP contribution in [0, 0.1) is 11.3 Å². The van der Waals surface area contributed by atoms with Crippen LogP contribution in [0.4, 0.5) is 11.4 Å². The number of hydrogen-bond donors (Lipinski definition) is 1. The van der Waals surface area contributed by atoms with E-state index in [1.807, 2.05) is 6.07 Å². The second kappa shape index (κ2) is 11.1. The molecule has 1 atom stereocenters. The van der Waals surface area contributed by atoms with Crippen molar-refractivity contribution in [3.8, 4) is 6.07 Å². The number of nitrogens with zero attached hydrogens (tertiary/aromatic N) is 2. The fourth-order valence-electron chi connectivity index (χ4n) is 3.44. The highest BCUT2D eigenvalue weighted by Gasteiger charge is 2.41. The molecule has 1 unspecified atom stereocenters. The molecule has 0 saturated carbocycles. The Morgan fingerprint density at radius 3 is 2.34 bits per heavy atom. The van der Waals surface area contributed by atoms with Crippen LogP contribution in [0.15, 0.2) is 81.8 Å². The van der Waals surface area contributed by atoms with Crippen molar-refractivity contribution in [1.29, 1.82) is 5.26 Å². The Balaban J connectivity index is 1.73. The van der Waals surface area contributed by atoms with E-state index in [-0.39, 0.29) is 22.9 Å². The molecule has 4 rings (SSSR count). The molecule has 1 saturated heterocycles. The number of hydrogen-bond acceptors (Lipinski definition) is 4. The van der Waals surface area contributed by atoms with Crippen LogP contribution < -0.4 is 10.2 Å². The van der Waals surface area contributed by atoms with Gasteiger partial charge in [-0.2, -0.15) is 5.26 Å². The van der Waals surface area contributed by atoms with E-state index in [1.54, 1.807) is 66.7 Å². The molecule has 3 aromatic carbocycles. The topological polar surface area (TPSA) is 73.2 Å². The molecule has 1 fully saturated rings. The van der Waals surface area contributed by atoms with Crippen LogP contribution >= 0.6 is 62.5 Å².